The summed E-state index contributed by atoms with van der Waals surface area (Å²) in [7, 11) is 0. The van der Waals surface area contributed by atoms with E-state index in [2.05, 4.69) is 0 Å². The predicted molar refractivity (Wildman–Crippen MR) is 103 cm³/mol. The minimum Gasteiger partial charge on any atom is -0.454 e. The molecule has 3 aromatic rings. The van der Waals surface area contributed by atoms with Gasteiger partial charge in [-0.15, -0.1) is 0 Å². The standard InChI is InChI=1S/C21H18N2O5/c1-14-11-19(15(2)22(14)17-8-4-3-5-9-17)20(24)13-28-21(25)16-7-6-10-18(12-16)23(26)27/h3-12H,13H2,1-2H3. The van der Waals surface area contributed by atoms with Crippen molar-refractivity contribution >= 4 is 17.4 Å². The minimum absolute atomic E-state index is 0.0248. The number of nitro benzene ring substituents is 1. The van der Waals surface area contributed by atoms with Crippen LogP contribution in [0.5, 0.6) is 0 Å². The Bertz CT molecular complexity index is 1050. The number of nitrogens with zero attached hydrogens (tertiary/aromatic N) is 2. The highest BCUT2D eigenvalue weighted by Gasteiger charge is 2.19. The van der Waals surface area contributed by atoms with Gasteiger partial charge in [0.1, 0.15) is 0 Å². The molecule has 0 atom stereocenters. The number of benzene rings is 2. The Labute approximate surface area is 161 Å². The second kappa shape index (κ2) is 7.87. The number of ether oxygens (including phenoxy) is 1. The molecule has 0 saturated carbocycles. The van der Waals surface area contributed by atoms with E-state index < -0.39 is 17.5 Å². The van der Waals surface area contributed by atoms with E-state index in [9.17, 15) is 19.7 Å². The third kappa shape index (κ3) is 3.83. The highest BCUT2D eigenvalue weighted by atomic mass is 16.6. The second-order valence-electron chi connectivity index (χ2n) is 6.26. The quantitative estimate of drug-likeness (QED) is 0.279. The number of carbonyl (C=O) groups is 2. The Morgan fingerprint density at radius 3 is 2.43 bits per heavy atom. The molecule has 0 radical (unpaired) electrons. The summed E-state index contributed by atoms with van der Waals surface area (Å²) in [6, 6.07) is 16.6. The largest absolute Gasteiger partial charge is 0.454 e. The number of carbonyl (C=O) groups excluding carboxylic acids is 2. The van der Waals surface area contributed by atoms with Crippen molar-refractivity contribution in [3.05, 3.63) is 93.3 Å². The van der Waals surface area contributed by atoms with Crippen molar-refractivity contribution in [2.45, 2.75) is 13.8 Å². The molecule has 0 N–H and O–H groups in total. The first kappa shape index (κ1) is 19.0. The smallest absolute Gasteiger partial charge is 0.338 e. The SMILES string of the molecule is Cc1cc(C(=O)COC(=O)c2cccc([N+](=O)[O-])c2)c(C)n1-c1ccccc1. The van der Waals surface area contributed by atoms with Crippen LogP contribution >= 0.6 is 0 Å². The van der Waals surface area contributed by atoms with E-state index in [4.69, 9.17) is 4.74 Å². The van der Waals surface area contributed by atoms with Crippen molar-refractivity contribution in [2.75, 3.05) is 6.61 Å². The third-order valence-electron chi connectivity index (χ3n) is 4.37. The van der Waals surface area contributed by atoms with Crippen LogP contribution in [0.3, 0.4) is 0 Å². The first-order chi connectivity index (χ1) is 13.4. The van der Waals surface area contributed by atoms with Gasteiger partial charge >= 0.3 is 5.97 Å². The molecule has 0 unspecified atom stereocenters. The van der Waals surface area contributed by atoms with Gasteiger partial charge in [-0.1, -0.05) is 24.3 Å². The molecule has 0 aliphatic carbocycles. The maximum absolute atomic E-state index is 12.6. The number of nitro groups is 1. The van der Waals surface area contributed by atoms with Crippen LogP contribution in [0.15, 0.2) is 60.7 Å². The number of hydrogen-bond donors (Lipinski definition) is 0. The fraction of sp³-hybridized carbons (Fsp3) is 0.143. The van der Waals surface area contributed by atoms with Gasteiger partial charge in [-0.2, -0.15) is 0 Å². The average molecular weight is 378 g/mol. The van der Waals surface area contributed by atoms with E-state index >= 15 is 0 Å². The summed E-state index contributed by atoms with van der Waals surface area (Å²) < 4.78 is 7.02. The highest BCUT2D eigenvalue weighted by molar-refractivity contribution is 6.00. The zero-order chi connectivity index (χ0) is 20.3. The molecule has 142 valence electrons. The maximum atomic E-state index is 12.6. The van der Waals surface area contributed by atoms with Crippen molar-refractivity contribution in [1.29, 1.82) is 0 Å². The van der Waals surface area contributed by atoms with Crippen LogP contribution in [0.25, 0.3) is 5.69 Å². The fourth-order valence-electron chi connectivity index (χ4n) is 3.06. The number of ketones is 1. The van der Waals surface area contributed by atoms with E-state index in [1.807, 2.05) is 48.7 Å². The third-order valence-corrected chi connectivity index (χ3v) is 4.37. The van der Waals surface area contributed by atoms with E-state index in [0.29, 0.717) is 5.56 Å². The van der Waals surface area contributed by atoms with Crippen LogP contribution in [0.2, 0.25) is 0 Å². The Hall–Kier alpha value is -3.74. The molecule has 7 heteroatoms. The number of aromatic nitrogens is 1. The first-order valence-electron chi connectivity index (χ1n) is 8.57. The van der Waals surface area contributed by atoms with Crippen molar-refractivity contribution in [3.63, 3.8) is 0 Å². The van der Waals surface area contributed by atoms with Gasteiger partial charge in [0.2, 0.25) is 5.78 Å². The van der Waals surface area contributed by atoms with Crippen LogP contribution < -0.4 is 0 Å². The topological polar surface area (TPSA) is 91.4 Å². The second-order valence-corrected chi connectivity index (χ2v) is 6.26. The number of Topliss-reactive ketones (excluding diaryl/α,β-unsaturated/α-hetero) is 1. The number of esters is 1. The highest BCUT2D eigenvalue weighted by Crippen LogP contribution is 2.21. The van der Waals surface area contributed by atoms with Crippen molar-refractivity contribution in [2.24, 2.45) is 0 Å². The predicted octanol–water partition coefficient (Wildman–Crippen LogP) is 4.04. The molecule has 1 aromatic heterocycles. The first-order valence-corrected chi connectivity index (χ1v) is 8.57. The summed E-state index contributed by atoms with van der Waals surface area (Å²) in [5, 5.41) is 10.8. The van der Waals surface area contributed by atoms with Gasteiger partial charge in [-0.05, 0) is 38.1 Å². The Morgan fingerprint density at radius 1 is 1.04 bits per heavy atom. The monoisotopic (exact) mass is 378 g/mol. The molecule has 0 aliphatic rings. The minimum atomic E-state index is -0.783. The average Bonchev–Trinajstić information content (AvgIpc) is 3.00. The summed E-state index contributed by atoms with van der Waals surface area (Å²) in [5.41, 5.74) is 2.85. The van der Waals surface area contributed by atoms with Crippen LogP contribution in [0.4, 0.5) is 5.69 Å². The lowest BCUT2D eigenvalue weighted by molar-refractivity contribution is -0.384. The van der Waals surface area contributed by atoms with Gasteiger partial charge in [0.05, 0.1) is 10.5 Å². The molecule has 3 rings (SSSR count). The Morgan fingerprint density at radius 2 is 1.75 bits per heavy atom. The van der Waals surface area contributed by atoms with E-state index in [1.54, 1.807) is 6.07 Å². The zero-order valence-electron chi connectivity index (χ0n) is 15.4. The summed E-state index contributed by atoms with van der Waals surface area (Å²) in [6.45, 7) is 3.28. The summed E-state index contributed by atoms with van der Waals surface area (Å²) in [5.74, 6) is -1.12. The van der Waals surface area contributed by atoms with Crippen LogP contribution in [-0.4, -0.2) is 27.8 Å². The number of para-hydroxylation sites is 1. The normalized spacial score (nSPS) is 10.5. The van der Waals surface area contributed by atoms with Crippen molar-refractivity contribution in [3.8, 4) is 5.69 Å². The molecule has 0 bridgehead atoms. The molecule has 0 spiro atoms. The maximum Gasteiger partial charge on any atom is 0.338 e. The van der Waals surface area contributed by atoms with Gasteiger partial charge in [0.15, 0.2) is 6.61 Å². The molecular formula is C21H18N2O5. The van der Waals surface area contributed by atoms with Gasteiger partial charge in [-0.25, -0.2) is 4.79 Å². The van der Waals surface area contributed by atoms with Gasteiger partial charge in [0, 0.05) is 34.8 Å². The molecule has 2 aromatic carbocycles. The molecular weight excluding hydrogens is 360 g/mol. The molecule has 1 heterocycles. The van der Waals surface area contributed by atoms with Gasteiger partial charge in [-0.3, -0.25) is 14.9 Å². The molecule has 0 amide bonds. The number of aryl methyl sites for hydroxylation is 1. The van der Waals surface area contributed by atoms with Gasteiger partial charge in [0.25, 0.3) is 5.69 Å². The lowest BCUT2D eigenvalue weighted by Crippen LogP contribution is -2.15. The number of hydrogen-bond acceptors (Lipinski definition) is 5. The Kier molecular flexibility index (Phi) is 5.35. The lowest BCUT2D eigenvalue weighted by Gasteiger charge is -2.09. The summed E-state index contributed by atoms with van der Waals surface area (Å²) in [4.78, 5) is 34.9. The molecule has 0 fully saturated rings. The van der Waals surface area contributed by atoms with Crippen molar-refractivity contribution in [1.82, 2.24) is 4.57 Å². The van der Waals surface area contributed by atoms with E-state index in [-0.39, 0.29) is 17.0 Å². The van der Waals surface area contributed by atoms with Crippen LogP contribution in [0, 0.1) is 24.0 Å². The van der Waals surface area contributed by atoms with Crippen molar-refractivity contribution < 1.29 is 19.2 Å². The molecule has 0 saturated heterocycles. The van der Waals surface area contributed by atoms with Crippen LogP contribution in [0.1, 0.15) is 32.1 Å². The van der Waals surface area contributed by atoms with Crippen LogP contribution in [-0.2, 0) is 4.74 Å². The number of rotatable bonds is 6. The van der Waals surface area contributed by atoms with E-state index in [1.165, 1.54) is 18.2 Å². The zero-order valence-corrected chi connectivity index (χ0v) is 15.4. The molecule has 28 heavy (non-hydrogen) atoms. The summed E-state index contributed by atoms with van der Waals surface area (Å²) >= 11 is 0. The Balaban J connectivity index is 1.75. The lowest BCUT2D eigenvalue weighted by atomic mass is 10.1. The molecule has 0 aliphatic heterocycles. The van der Waals surface area contributed by atoms with E-state index in [0.717, 1.165) is 23.1 Å². The van der Waals surface area contributed by atoms with Gasteiger partial charge < -0.3 is 9.30 Å². The molecule has 7 nitrogen and oxygen atoms in total. The number of non-ortho nitro benzene ring substituents is 1. The fourth-order valence-corrected chi connectivity index (χ4v) is 3.06. The summed E-state index contributed by atoms with van der Waals surface area (Å²) in [6.07, 6.45) is 0.